The first-order chi connectivity index (χ1) is 12.8. The molecule has 2 aromatic carbocycles. The Hall–Kier alpha value is -3.92. The zero-order chi connectivity index (χ0) is 20.0. The highest BCUT2D eigenvalue weighted by atomic mass is 16.2. The molecule has 0 aliphatic heterocycles. The second-order valence-corrected chi connectivity index (χ2v) is 5.70. The van der Waals surface area contributed by atoms with Crippen LogP contribution in [0.15, 0.2) is 60.3 Å². The van der Waals surface area contributed by atoms with Crippen molar-refractivity contribution in [3.8, 4) is 6.07 Å². The molecule has 0 heterocycles. The summed E-state index contributed by atoms with van der Waals surface area (Å²) < 4.78 is 0. The van der Waals surface area contributed by atoms with Crippen molar-refractivity contribution in [1.29, 1.82) is 5.26 Å². The second kappa shape index (κ2) is 8.45. The van der Waals surface area contributed by atoms with Gasteiger partial charge in [0.2, 0.25) is 5.91 Å². The smallest absolute Gasteiger partial charge is 0.277 e. The van der Waals surface area contributed by atoms with Crippen LogP contribution < -0.4 is 16.0 Å². The molecule has 0 atom stereocenters. The van der Waals surface area contributed by atoms with Crippen LogP contribution in [0.4, 0.5) is 17.1 Å². The number of amides is 2. The van der Waals surface area contributed by atoms with E-state index in [1.807, 2.05) is 0 Å². The lowest BCUT2D eigenvalue weighted by Gasteiger charge is -2.19. The predicted molar refractivity (Wildman–Crippen MR) is 103 cm³/mol. The number of hydrogen-bond acceptors (Lipinski definition) is 6. The van der Waals surface area contributed by atoms with Gasteiger partial charge in [-0.15, -0.1) is 0 Å². The van der Waals surface area contributed by atoms with E-state index in [0.29, 0.717) is 22.6 Å². The molecule has 7 nitrogen and oxygen atoms in total. The molecule has 2 aromatic rings. The molecule has 0 aliphatic rings. The molecule has 7 heteroatoms. The fourth-order valence-corrected chi connectivity index (χ4v) is 2.31. The Morgan fingerprint density at radius 2 is 1.78 bits per heavy atom. The van der Waals surface area contributed by atoms with Gasteiger partial charge in [0, 0.05) is 30.1 Å². The molecule has 0 bridgehead atoms. The number of nitrogens with one attached hydrogen (secondary N) is 1. The Kier molecular flexibility index (Phi) is 6.07. The van der Waals surface area contributed by atoms with Crippen LogP contribution in [0.3, 0.4) is 0 Å². The summed E-state index contributed by atoms with van der Waals surface area (Å²) in [5.41, 5.74) is 7.17. The third kappa shape index (κ3) is 4.80. The van der Waals surface area contributed by atoms with Gasteiger partial charge < -0.3 is 11.1 Å². The van der Waals surface area contributed by atoms with Crippen LogP contribution in [0, 0.1) is 11.3 Å². The number of rotatable bonds is 5. The van der Waals surface area contributed by atoms with E-state index in [4.69, 9.17) is 5.73 Å². The minimum absolute atomic E-state index is 0.106. The molecule has 3 N–H and O–H groups in total. The second-order valence-electron chi connectivity index (χ2n) is 5.70. The van der Waals surface area contributed by atoms with E-state index >= 15 is 0 Å². The van der Waals surface area contributed by atoms with Crippen molar-refractivity contribution in [2.24, 2.45) is 0 Å². The Morgan fingerprint density at radius 1 is 1.11 bits per heavy atom. The third-order valence-electron chi connectivity index (χ3n) is 3.67. The quantitative estimate of drug-likeness (QED) is 0.366. The highest BCUT2D eigenvalue weighted by molar-refractivity contribution is 6.21. The van der Waals surface area contributed by atoms with E-state index in [1.54, 1.807) is 42.5 Å². The van der Waals surface area contributed by atoms with Crippen LogP contribution in [0.25, 0.3) is 0 Å². The molecular weight excluding hydrogens is 344 g/mol. The number of ketones is 1. The van der Waals surface area contributed by atoms with E-state index in [1.165, 1.54) is 32.2 Å². The fraction of sp³-hybridized carbons (Fsp3) is 0.100. The number of carbonyl (C=O) groups excluding carboxylic acids is 3. The molecule has 0 radical (unpaired) electrons. The van der Waals surface area contributed by atoms with Gasteiger partial charge in [0.05, 0.1) is 5.69 Å². The molecule has 0 aromatic heterocycles. The van der Waals surface area contributed by atoms with E-state index in [-0.39, 0.29) is 11.4 Å². The summed E-state index contributed by atoms with van der Waals surface area (Å²) in [5, 5.41) is 12.2. The third-order valence-corrected chi connectivity index (χ3v) is 3.67. The number of Topliss-reactive ketones (excluding diaryl/α,β-unsaturated/α-hetero) is 1. The van der Waals surface area contributed by atoms with Crippen molar-refractivity contribution in [3.63, 3.8) is 0 Å². The van der Waals surface area contributed by atoms with Crippen LogP contribution >= 0.6 is 0 Å². The lowest BCUT2D eigenvalue weighted by atomic mass is 10.1. The molecule has 0 spiro atoms. The maximum Gasteiger partial charge on any atom is 0.277 e. The number of nitrogen functional groups attached to an aromatic ring is 1. The monoisotopic (exact) mass is 362 g/mol. The summed E-state index contributed by atoms with van der Waals surface area (Å²) in [6, 6.07) is 14.6. The molecule has 0 unspecified atom stereocenters. The lowest BCUT2D eigenvalue weighted by Crippen LogP contribution is -2.36. The standard InChI is InChI=1S/C20H18N4O3/c1-13(25)15-4-3-5-18(10-15)23-12-16(11-21)20(27)24(14(2)26)19-8-6-17(22)7-9-19/h3-10,12,23H,22H2,1-2H3/b16-12-. The summed E-state index contributed by atoms with van der Waals surface area (Å²) in [4.78, 5) is 37.0. The molecule has 2 rings (SSSR count). The van der Waals surface area contributed by atoms with Gasteiger partial charge in [-0.05, 0) is 43.3 Å². The van der Waals surface area contributed by atoms with Gasteiger partial charge in [0.25, 0.3) is 5.91 Å². The summed E-state index contributed by atoms with van der Waals surface area (Å²) >= 11 is 0. The summed E-state index contributed by atoms with van der Waals surface area (Å²) in [6.45, 7) is 2.67. The van der Waals surface area contributed by atoms with Gasteiger partial charge in [0.1, 0.15) is 11.6 Å². The first kappa shape index (κ1) is 19.4. The fourth-order valence-electron chi connectivity index (χ4n) is 2.31. The average molecular weight is 362 g/mol. The number of benzene rings is 2. The SMILES string of the molecule is CC(=O)c1cccc(N/C=C(/C#N)C(=O)N(C(C)=O)c2ccc(N)cc2)c1. The molecular formula is C20H18N4O3. The Bertz CT molecular complexity index is 956. The molecule has 0 saturated carbocycles. The van der Waals surface area contributed by atoms with Crippen molar-refractivity contribution >= 4 is 34.7 Å². The largest absolute Gasteiger partial charge is 0.399 e. The Labute approximate surface area is 156 Å². The van der Waals surface area contributed by atoms with Crippen LogP contribution in [-0.4, -0.2) is 17.6 Å². The highest BCUT2D eigenvalue weighted by Gasteiger charge is 2.23. The minimum atomic E-state index is -0.773. The maximum absolute atomic E-state index is 12.7. The van der Waals surface area contributed by atoms with Crippen molar-refractivity contribution in [2.75, 3.05) is 16.0 Å². The van der Waals surface area contributed by atoms with Gasteiger partial charge in [-0.1, -0.05) is 12.1 Å². The lowest BCUT2D eigenvalue weighted by molar-refractivity contribution is -0.123. The van der Waals surface area contributed by atoms with E-state index < -0.39 is 11.8 Å². The first-order valence-corrected chi connectivity index (χ1v) is 8.02. The topological polar surface area (TPSA) is 116 Å². The van der Waals surface area contributed by atoms with Crippen molar-refractivity contribution in [2.45, 2.75) is 13.8 Å². The number of carbonyl (C=O) groups is 3. The number of imide groups is 1. The number of hydrogen-bond donors (Lipinski definition) is 2. The molecule has 27 heavy (non-hydrogen) atoms. The van der Waals surface area contributed by atoms with Gasteiger partial charge in [0.15, 0.2) is 5.78 Å². The highest BCUT2D eigenvalue weighted by Crippen LogP contribution is 2.19. The Morgan fingerprint density at radius 3 is 2.33 bits per heavy atom. The number of nitriles is 1. The Balaban J connectivity index is 2.30. The van der Waals surface area contributed by atoms with Gasteiger partial charge in [-0.2, -0.15) is 5.26 Å². The summed E-state index contributed by atoms with van der Waals surface area (Å²) in [5.74, 6) is -1.42. The van der Waals surface area contributed by atoms with Crippen LogP contribution in [0.1, 0.15) is 24.2 Å². The van der Waals surface area contributed by atoms with Gasteiger partial charge in [-0.25, -0.2) is 4.90 Å². The summed E-state index contributed by atoms with van der Waals surface area (Å²) in [7, 11) is 0. The zero-order valence-corrected chi connectivity index (χ0v) is 14.9. The number of nitrogens with zero attached hydrogens (tertiary/aromatic N) is 2. The van der Waals surface area contributed by atoms with Crippen molar-refractivity contribution in [3.05, 3.63) is 65.9 Å². The first-order valence-electron chi connectivity index (χ1n) is 8.02. The molecule has 136 valence electrons. The predicted octanol–water partition coefficient (Wildman–Crippen LogP) is 2.87. The van der Waals surface area contributed by atoms with Crippen LogP contribution in [-0.2, 0) is 9.59 Å². The van der Waals surface area contributed by atoms with Crippen molar-refractivity contribution < 1.29 is 14.4 Å². The van der Waals surface area contributed by atoms with E-state index in [9.17, 15) is 19.6 Å². The zero-order valence-electron chi connectivity index (χ0n) is 14.9. The summed E-state index contributed by atoms with van der Waals surface area (Å²) in [6.07, 6.45) is 1.20. The molecule has 0 fully saturated rings. The molecule has 0 aliphatic carbocycles. The average Bonchev–Trinajstić information content (AvgIpc) is 2.64. The van der Waals surface area contributed by atoms with Crippen LogP contribution in [0.2, 0.25) is 0 Å². The molecule has 2 amide bonds. The number of nitrogens with two attached hydrogens (primary N) is 1. The van der Waals surface area contributed by atoms with Crippen molar-refractivity contribution in [1.82, 2.24) is 0 Å². The van der Waals surface area contributed by atoms with Crippen LogP contribution in [0.5, 0.6) is 0 Å². The van der Waals surface area contributed by atoms with E-state index in [2.05, 4.69) is 5.32 Å². The van der Waals surface area contributed by atoms with E-state index in [0.717, 1.165) is 4.90 Å². The number of anilines is 3. The maximum atomic E-state index is 12.7. The minimum Gasteiger partial charge on any atom is -0.399 e. The van der Waals surface area contributed by atoms with Gasteiger partial charge in [-0.3, -0.25) is 14.4 Å². The molecule has 0 saturated heterocycles. The van der Waals surface area contributed by atoms with Gasteiger partial charge >= 0.3 is 0 Å². The normalized spacial score (nSPS) is 10.6.